The van der Waals surface area contributed by atoms with E-state index in [2.05, 4.69) is 4.67 Å². The lowest BCUT2D eigenvalue weighted by atomic mass is 10.2. The Morgan fingerprint density at radius 1 is 1.75 bits per heavy atom. The zero-order valence-corrected chi connectivity index (χ0v) is 8.94. The van der Waals surface area contributed by atoms with E-state index in [0.717, 1.165) is 13.2 Å². The van der Waals surface area contributed by atoms with E-state index in [1.165, 1.54) is 12.8 Å². The van der Waals surface area contributed by atoms with Gasteiger partial charge in [-0.25, -0.2) is 9.05 Å². The summed E-state index contributed by atoms with van der Waals surface area (Å²) in [5, 5.41) is 0. The van der Waals surface area contributed by atoms with Gasteiger partial charge in [-0.3, -0.25) is 0 Å². The maximum Gasteiger partial charge on any atom is 0.231 e. The molecule has 0 bridgehead atoms. The molecule has 0 spiro atoms. The van der Waals surface area contributed by atoms with Gasteiger partial charge in [0.2, 0.25) is 7.07 Å². The van der Waals surface area contributed by atoms with Crippen LogP contribution in [0.2, 0.25) is 0 Å². The molecule has 0 aromatic heterocycles. The Morgan fingerprint density at radius 3 is 3.33 bits per heavy atom. The molecule has 12 heavy (non-hydrogen) atoms. The molecule has 0 saturated carbocycles. The molecular weight excluding hydrogens is 193 g/mol. The zero-order valence-electron chi connectivity index (χ0n) is 7.23. The number of hydrogen-bond acceptors (Lipinski definition) is 4. The van der Waals surface area contributed by atoms with Crippen molar-refractivity contribution in [1.82, 2.24) is 4.67 Å². The molecule has 0 aromatic carbocycles. The highest BCUT2D eigenvalue weighted by atomic mass is 32.7. The molecule has 2 atom stereocenters. The predicted molar refractivity (Wildman–Crippen MR) is 51.6 cm³/mol. The molecular formula is C7H14NO2PS. The van der Waals surface area contributed by atoms with E-state index < -0.39 is 7.07 Å². The van der Waals surface area contributed by atoms with Crippen LogP contribution in [-0.2, 0) is 21.3 Å². The second-order valence-corrected chi connectivity index (χ2v) is 6.49. The monoisotopic (exact) mass is 207 g/mol. The van der Waals surface area contributed by atoms with Crippen molar-refractivity contribution in [2.75, 3.05) is 19.8 Å². The normalized spacial score (nSPS) is 42.0. The molecule has 2 aliphatic rings. The summed E-state index contributed by atoms with van der Waals surface area (Å²) in [5.74, 6) is 0. The lowest BCUT2D eigenvalue weighted by molar-refractivity contribution is 0.270. The van der Waals surface area contributed by atoms with Crippen molar-refractivity contribution in [2.24, 2.45) is 0 Å². The van der Waals surface area contributed by atoms with Crippen molar-refractivity contribution in [1.29, 1.82) is 0 Å². The predicted octanol–water partition coefficient (Wildman–Crippen LogP) is 1.74. The first-order chi connectivity index (χ1) is 5.76. The van der Waals surface area contributed by atoms with Crippen LogP contribution in [0.3, 0.4) is 0 Å². The Bertz CT molecular complexity index is 179. The Kier molecular flexibility index (Phi) is 2.64. The fourth-order valence-electron chi connectivity index (χ4n) is 1.84. The van der Waals surface area contributed by atoms with E-state index in [9.17, 15) is 0 Å². The third kappa shape index (κ3) is 1.40. The van der Waals surface area contributed by atoms with Crippen molar-refractivity contribution in [3.05, 3.63) is 0 Å². The summed E-state index contributed by atoms with van der Waals surface area (Å²) in [6.45, 7) is 4.50. The second-order valence-electron chi connectivity index (χ2n) is 3.14. The standard InChI is InChI=1S/C7H14NO2PS/c1-2-9-11(12)8-5-3-4-7(8)6-10-11/h7H,2-6H2,1H3/t7-,11?/m0/s1. The first-order valence-electron chi connectivity index (χ1n) is 4.42. The van der Waals surface area contributed by atoms with Crippen LogP contribution >= 0.6 is 7.07 Å². The van der Waals surface area contributed by atoms with Crippen LogP contribution in [0.25, 0.3) is 0 Å². The van der Waals surface area contributed by atoms with Crippen LogP contribution < -0.4 is 0 Å². The first-order valence-corrected chi connectivity index (χ1v) is 7.01. The summed E-state index contributed by atoms with van der Waals surface area (Å²) in [7, 11) is -2.01. The summed E-state index contributed by atoms with van der Waals surface area (Å²) in [6.07, 6.45) is 2.48. The molecule has 70 valence electrons. The average molecular weight is 207 g/mol. The van der Waals surface area contributed by atoms with Crippen molar-refractivity contribution in [3.63, 3.8) is 0 Å². The van der Waals surface area contributed by atoms with Gasteiger partial charge in [-0.05, 0) is 19.8 Å². The number of hydrogen-bond donors (Lipinski definition) is 0. The topological polar surface area (TPSA) is 21.7 Å². The van der Waals surface area contributed by atoms with Gasteiger partial charge in [0.1, 0.15) is 6.61 Å². The quantitative estimate of drug-likeness (QED) is 0.508. The molecule has 3 nitrogen and oxygen atoms in total. The van der Waals surface area contributed by atoms with E-state index >= 15 is 0 Å². The van der Waals surface area contributed by atoms with Crippen molar-refractivity contribution in [2.45, 2.75) is 25.8 Å². The van der Waals surface area contributed by atoms with Gasteiger partial charge in [-0.1, -0.05) is 0 Å². The maximum absolute atomic E-state index is 5.58. The fraction of sp³-hybridized carbons (Fsp3) is 1.00. The third-order valence-electron chi connectivity index (χ3n) is 2.38. The molecule has 1 unspecified atom stereocenters. The molecule has 0 amide bonds. The Balaban J connectivity index is 2.06. The zero-order chi connectivity index (χ0) is 8.60. The van der Waals surface area contributed by atoms with Crippen LogP contribution in [0.5, 0.6) is 0 Å². The van der Waals surface area contributed by atoms with Gasteiger partial charge in [0.25, 0.3) is 0 Å². The largest absolute Gasteiger partial charge is 0.472 e. The molecule has 0 radical (unpaired) electrons. The van der Waals surface area contributed by atoms with Crippen molar-refractivity contribution in [3.8, 4) is 0 Å². The molecule has 0 N–H and O–H groups in total. The molecule has 2 aliphatic heterocycles. The van der Waals surface area contributed by atoms with Gasteiger partial charge < -0.3 is 12.2 Å². The molecule has 2 rings (SSSR count). The van der Waals surface area contributed by atoms with Gasteiger partial charge in [0.05, 0.1) is 12.6 Å². The van der Waals surface area contributed by atoms with E-state index in [4.69, 9.17) is 21.3 Å². The minimum atomic E-state index is -2.01. The number of nitrogens with zero attached hydrogens (tertiary/aromatic N) is 1. The van der Waals surface area contributed by atoms with Crippen LogP contribution in [0, 0.1) is 0 Å². The minimum Gasteiger partial charge on any atom is -0.472 e. The van der Waals surface area contributed by atoms with Crippen LogP contribution in [-0.4, -0.2) is 30.5 Å². The molecule has 0 aliphatic carbocycles. The molecule has 2 fully saturated rings. The van der Waals surface area contributed by atoms with Gasteiger partial charge in [0, 0.05) is 6.54 Å². The fourth-order valence-corrected chi connectivity index (χ4v) is 5.01. The summed E-state index contributed by atoms with van der Waals surface area (Å²) in [5.41, 5.74) is 0. The Morgan fingerprint density at radius 2 is 2.58 bits per heavy atom. The van der Waals surface area contributed by atoms with Crippen molar-refractivity contribution >= 4 is 19.3 Å². The second kappa shape index (κ2) is 3.43. The number of fused-ring (bicyclic) bond motifs is 1. The Hall–Kier alpha value is 0.660. The molecule has 2 saturated heterocycles. The summed E-state index contributed by atoms with van der Waals surface area (Å²) in [6, 6.07) is 0.558. The van der Waals surface area contributed by atoms with E-state index in [-0.39, 0.29) is 0 Å². The molecule has 2 heterocycles. The molecule has 0 aromatic rings. The van der Waals surface area contributed by atoms with Crippen LogP contribution in [0.4, 0.5) is 0 Å². The SMILES string of the molecule is CCO[P+]1([S-])OC[C@@H]2CCCN21. The lowest BCUT2D eigenvalue weighted by Gasteiger charge is -2.29. The van der Waals surface area contributed by atoms with Crippen molar-refractivity contribution < 1.29 is 9.05 Å². The lowest BCUT2D eigenvalue weighted by Crippen LogP contribution is -2.23. The van der Waals surface area contributed by atoms with Crippen LogP contribution in [0.1, 0.15) is 19.8 Å². The van der Waals surface area contributed by atoms with E-state index in [1.807, 2.05) is 6.92 Å². The summed E-state index contributed by atoms with van der Waals surface area (Å²) < 4.78 is 13.4. The minimum absolute atomic E-state index is 0.558. The number of rotatable bonds is 2. The highest BCUT2D eigenvalue weighted by Crippen LogP contribution is 2.68. The highest BCUT2D eigenvalue weighted by molar-refractivity contribution is 8.37. The van der Waals surface area contributed by atoms with Gasteiger partial charge >= 0.3 is 0 Å². The van der Waals surface area contributed by atoms with Gasteiger partial charge in [-0.2, -0.15) is 0 Å². The third-order valence-corrected chi connectivity index (χ3v) is 5.86. The summed E-state index contributed by atoms with van der Waals surface area (Å²) in [4.78, 5) is 0. The highest BCUT2D eigenvalue weighted by Gasteiger charge is 2.50. The van der Waals surface area contributed by atoms with E-state index in [0.29, 0.717) is 12.6 Å². The Labute approximate surface area is 79.1 Å². The molecule has 5 heteroatoms. The average Bonchev–Trinajstić information content (AvgIpc) is 2.57. The van der Waals surface area contributed by atoms with Gasteiger partial charge in [0.15, 0.2) is 0 Å². The van der Waals surface area contributed by atoms with Crippen LogP contribution in [0.15, 0.2) is 0 Å². The summed E-state index contributed by atoms with van der Waals surface area (Å²) >= 11 is 5.40. The van der Waals surface area contributed by atoms with E-state index in [1.54, 1.807) is 0 Å². The maximum atomic E-state index is 5.58. The first kappa shape index (κ1) is 9.22. The van der Waals surface area contributed by atoms with Gasteiger partial charge in [-0.15, -0.1) is 4.67 Å². The smallest absolute Gasteiger partial charge is 0.231 e.